The molecule has 5 nitrogen and oxygen atoms in total. The van der Waals surface area contributed by atoms with Crippen LogP contribution in [0.5, 0.6) is 0 Å². The van der Waals surface area contributed by atoms with Crippen LogP contribution in [0, 0.1) is 12.8 Å². The molecule has 0 saturated carbocycles. The highest BCUT2D eigenvalue weighted by atomic mass is 16.4. The third-order valence-electron chi connectivity index (χ3n) is 2.10. The van der Waals surface area contributed by atoms with Crippen molar-refractivity contribution in [3.05, 3.63) is 17.5 Å². The Labute approximate surface area is 89.6 Å². The first-order valence-electron chi connectivity index (χ1n) is 5.02. The molecule has 1 aromatic heterocycles. The molecule has 84 valence electrons. The van der Waals surface area contributed by atoms with Crippen molar-refractivity contribution >= 4 is 5.84 Å². The second-order valence-corrected chi connectivity index (χ2v) is 4.12. The molecular formula is C10H18N4O. The molecule has 0 spiro atoms. The van der Waals surface area contributed by atoms with E-state index >= 15 is 0 Å². The van der Waals surface area contributed by atoms with Crippen LogP contribution in [-0.2, 0) is 13.0 Å². The van der Waals surface area contributed by atoms with E-state index in [9.17, 15) is 0 Å². The van der Waals surface area contributed by atoms with Crippen LogP contribution in [0.3, 0.4) is 0 Å². The number of hydrogen-bond acceptors (Lipinski definition) is 3. The second kappa shape index (κ2) is 4.82. The van der Waals surface area contributed by atoms with Gasteiger partial charge in [0.05, 0.1) is 5.69 Å². The first-order chi connectivity index (χ1) is 7.02. The molecule has 0 fully saturated rings. The molecule has 0 unspecified atom stereocenters. The zero-order chi connectivity index (χ0) is 11.4. The lowest BCUT2D eigenvalue weighted by Crippen LogP contribution is -2.14. The predicted octanol–water partition coefficient (Wildman–Crippen LogP) is 1.14. The maximum Gasteiger partial charge on any atom is 0.143 e. The summed E-state index contributed by atoms with van der Waals surface area (Å²) in [6.45, 7) is 7.09. The Kier molecular flexibility index (Phi) is 3.71. The molecule has 0 amide bonds. The van der Waals surface area contributed by atoms with E-state index in [1.807, 2.05) is 17.8 Å². The molecule has 0 aromatic carbocycles. The SMILES string of the molecule is Cc1nn(CC(C)C)cc1C/C(N)=N/O. The molecule has 1 rings (SSSR count). The van der Waals surface area contributed by atoms with Crippen LogP contribution >= 0.6 is 0 Å². The van der Waals surface area contributed by atoms with Crippen molar-refractivity contribution in [3.8, 4) is 0 Å². The van der Waals surface area contributed by atoms with Gasteiger partial charge < -0.3 is 10.9 Å². The number of amidine groups is 1. The highest BCUT2D eigenvalue weighted by Crippen LogP contribution is 2.08. The molecule has 0 aliphatic rings. The lowest BCUT2D eigenvalue weighted by Gasteiger charge is -2.03. The van der Waals surface area contributed by atoms with E-state index in [-0.39, 0.29) is 5.84 Å². The number of oxime groups is 1. The van der Waals surface area contributed by atoms with E-state index in [4.69, 9.17) is 10.9 Å². The lowest BCUT2D eigenvalue weighted by atomic mass is 10.2. The summed E-state index contributed by atoms with van der Waals surface area (Å²) in [4.78, 5) is 0. The van der Waals surface area contributed by atoms with Crippen molar-refractivity contribution in [1.29, 1.82) is 0 Å². The minimum absolute atomic E-state index is 0.210. The zero-order valence-electron chi connectivity index (χ0n) is 9.44. The quantitative estimate of drug-likeness (QED) is 0.338. The van der Waals surface area contributed by atoms with Crippen molar-refractivity contribution in [2.24, 2.45) is 16.8 Å². The van der Waals surface area contributed by atoms with E-state index in [0.717, 1.165) is 17.8 Å². The lowest BCUT2D eigenvalue weighted by molar-refractivity contribution is 0.317. The number of nitrogens with zero attached hydrogens (tertiary/aromatic N) is 3. The third kappa shape index (κ3) is 3.27. The Hall–Kier alpha value is -1.52. The van der Waals surface area contributed by atoms with E-state index in [1.165, 1.54) is 0 Å². The van der Waals surface area contributed by atoms with Crippen LogP contribution in [0.4, 0.5) is 0 Å². The highest BCUT2D eigenvalue weighted by molar-refractivity contribution is 5.82. The molecule has 5 heteroatoms. The molecule has 0 saturated heterocycles. The monoisotopic (exact) mass is 210 g/mol. The van der Waals surface area contributed by atoms with Crippen molar-refractivity contribution in [3.63, 3.8) is 0 Å². The highest BCUT2D eigenvalue weighted by Gasteiger charge is 2.07. The fourth-order valence-electron chi connectivity index (χ4n) is 1.43. The number of aromatic nitrogens is 2. The molecule has 0 radical (unpaired) electrons. The molecule has 0 bridgehead atoms. The minimum Gasteiger partial charge on any atom is -0.409 e. The average Bonchev–Trinajstić information content (AvgIpc) is 2.45. The van der Waals surface area contributed by atoms with Crippen LogP contribution in [0.1, 0.15) is 25.1 Å². The first-order valence-corrected chi connectivity index (χ1v) is 5.02. The van der Waals surface area contributed by atoms with Gasteiger partial charge in [0, 0.05) is 24.7 Å². The number of hydrogen-bond donors (Lipinski definition) is 2. The van der Waals surface area contributed by atoms with Gasteiger partial charge in [0.15, 0.2) is 0 Å². The van der Waals surface area contributed by atoms with Gasteiger partial charge in [-0.3, -0.25) is 4.68 Å². The summed E-state index contributed by atoms with van der Waals surface area (Å²) in [6.07, 6.45) is 2.40. The standard InChI is InChI=1S/C10H18N4O/c1-7(2)5-14-6-9(8(3)12-14)4-10(11)13-15/h6-7,15H,4-5H2,1-3H3,(H2,11,13). The zero-order valence-corrected chi connectivity index (χ0v) is 9.44. The second-order valence-electron chi connectivity index (χ2n) is 4.12. The van der Waals surface area contributed by atoms with Gasteiger partial charge in [-0.05, 0) is 12.8 Å². The van der Waals surface area contributed by atoms with E-state index < -0.39 is 0 Å². The Balaban J connectivity index is 2.77. The fourth-order valence-corrected chi connectivity index (χ4v) is 1.43. The number of rotatable bonds is 4. The molecule has 3 N–H and O–H groups in total. The molecule has 15 heavy (non-hydrogen) atoms. The molecule has 1 aromatic rings. The third-order valence-corrected chi connectivity index (χ3v) is 2.10. The van der Waals surface area contributed by atoms with Crippen LogP contribution in [0.15, 0.2) is 11.4 Å². The fraction of sp³-hybridized carbons (Fsp3) is 0.600. The normalized spacial score (nSPS) is 12.4. The van der Waals surface area contributed by atoms with E-state index in [0.29, 0.717) is 12.3 Å². The summed E-state index contributed by atoms with van der Waals surface area (Å²) in [5, 5.41) is 15.8. The van der Waals surface area contributed by atoms with E-state index in [1.54, 1.807) is 0 Å². The average molecular weight is 210 g/mol. The number of nitrogens with two attached hydrogens (primary N) is 1. The van der Waals surface area contributed by atoms with Gasteiger partial charge in [0.2, 0.25) is 0 Å². The molecular weight excluding hydrogens is 192 g/mol. The van der Waals surface area contributed by atoms with E-state index in [2.05, 4.69) is 24.1 Å². The van der Waals surface area contributed by atoms with Crippen LogP contribution in [0.25, 0.3) is 0 Å². The van der Waals surface area contributed by atoms with Gasteiger partial charge in [0.25, 0.3) is 0 Å². The predicted molar refractivity (Wildman–Crippen MR) is 58.9 cm³/mol. The maximum absolute atomic E-state index is 8.47. The van der Waals surface area contributed by atoms with Crippen molar-refractivity contribution in [2.45, 2.75) is 33.7 Å². The smallest absolute Gasteiger partial charge is 0.143 e. The summed E-state index contributed by atoms with van der Waals surface area (Å²) in [7, 11) is 0. The van der Waals surface area contributed by atoms with Crippen LogP contribution in [-0.4, -0.2) is 20.8 Å². The Morgan fingerprint density at radius 3 is 2.87 bits per heavy atom. The molecule has 0 aliphatic carbocycles. The van der Waals surface area contributed by atoms with Crippen molar-refractivity contribution < 1.29 is 5.21 Å². The van der Waals surface area contributed by atoms with Gasteiger partial charge in [-0.15, -0.1) is 0 Å². The Morgan fingerprint density at radius 1 is 1.67 bits per heavy atom. The van der Waals surface area contributed by atoms with Gasteiger partial charge >= 0.3 is 0 Å². The number of aryl methyl sites for hydroxylation is 1. The largest absolute Gasteiger partial charge is 0.409 e. The topological polar surface area (TPSA) is 76.4 Å². The molecule has 0 aliphatic heterocycles. The van der Waals surface area contributed by atoms with Gasteiger partial charge in [-0.2, -0.15) is 5.10 Å². The Bertz CT molecular complexity index is 354. The van der Waals surface area contributed by atoms with Crippen LogP contribution < -0.4 is 5.73 Å². The van der Waals surface area contributed by atoms with Gasteiger partial charge in [-0.1, -0.05) is 19.0 Å². The minimum atomic E-state index is 0.210. The summed E-state index contributed by atoms with van der Waals surface area (Å²) in [6, 6.07) is 0. The Morgan fingerprint density at radius 2 is 2.33 bits per heavy atom. The van der Waals surface area contributed by atoms with Crippen molar-refractivity contribution in [1.82, 2.24) is 9.78 Å². The van der Waals surface area contributed by atoms with Crippen molar-refractivity contribution in [2.75, 3.05) is 0 Å². The van der Waals surface area contributed by atoms with Gasteiger partial charge in [0.1, 0.15) is 5.84 Å². The maximum atomic E-state index is 8.47. The summed E-state index contributed by atoms with van der Waals surface area (Å²) in [5.41, 5.74) is 7.39. The summed E-state index contributed by atoms with van der Waals surface area (Å²) < 4.78 is 1.90. The summed E-state index contributed by atoms with van der Waals surface area (Å²) >= 11 is 0. The van der Waals surface area contributed by atoms with Gasteiger partial charge in [-0.25, -0.2) is 0 Å². The molecule has 1 heterocycles. The summed E-state index contributed by atoms with van der Waals surface area (Å²) in [5.74, 6) is 0.767. The van der Waals surface area contributed by atoms with Crippen LogP contribution in [0.2, 0.25) is 0 Å². The first kappa shape index (κ1) is 11.6. The molecule has 0 atom stereocenters.